The number of piperazine rings is 1. The van der Waals surface area contributed by atoms with E-state index in [0.29, 0.717) is 17.3 Å². The molecule has 2 fully saturated rings. The van der Waals surface area contributed by atoms with Crippen molar-refractivity contribution in [1.29, 1.82) is 0 Å². The number of hydrogen-bond donors (Lipinski definition) is 1. The first kappa shape index (κ1) is 17.0. The molecule has 1 aromatic rings. The van der Waals surface area contributed by atoms with Gasteiger partial charge in [-0.2, -0.15) is 11.8 Å². The molecule has 0 unspecified atom stereocenters. The second-order valence-electron chi connectivity index (χ2n) is 6.08. The average molecular weight is 350 g/mol. The molecule has 1 amide bonds. The van der Waals surface area contributed by atoms with Crippen LogP contribution in [-0.2, 0) is 0 Å². The summed E-state index contributed by atoms with van der Waals surface area (Å²) in [5, 5.41) is 13.9. The Morgan fingerprint density at radius 3 is 2.67 bits per heavy atom. The fourth-order valence-corrected chi connectivity index (χ4v) is 4.62. The summed E-state index contributed by atoms with van der Waals surface area (Å²) in [6.07, 6.45) is 1.24. The van der Waals surface area contributed by atoms with E-state index in [9.17, 15) is 14.9 Å². The highest BCUT2D eigenvalue weighted by atomic mass is 32.2. The van der Waals surface area contributed by atoms with Crippen LogP contribution < -0.4 is 10.2 Å². The standard InChI is InChI=1S/C16H22N4O3S/c1-17-16(21)12-2-3-14(15(10-12)20(22)23)19-7-5-18(6-8-19)13-4-9-24-11-13/h2-3,10,13H,4-9,11H2,1H3,(H,17,21)/t13-/m0/s1. The molecular weight excluding hydrogens is 328 g/mol. The van der Waals surface area contributed by atoms with Crippen LogP contribution in [0, 0.1) is 10.1 Å². The Kier molecular flexibility index (Phi) is 5.25. The molecule has 2 aliphatic rings. The normalized spacial score (nSPS) is 21.7. The molecule has 2 saturated heterocycles. The maximum absolute atomic E-state index is 11.7. The van der Waals surface area contributed by atoms with Crippen LogP contribution in [0.1, 0.15) is 16.8 Å². The molecule has 0 saturated carbocycles. The lowest BCUT2D eigenvalue weighted by atomic mass is 10.1. The highest BCUT2D eigenvalue weighted by Gasteiger charge is 2.29. The van der Waals surface area contributed by atoms with Gasteiger partial charge in [0.2, 0.25) is 0 Å². The van der Waals surface area contributed by atoms with Crippen molar-refractivity contribution in [2.24, 2.45) is 0 Å². The lowest BCUT2D eigenvalue weighted by Crippen LogP contribution is -2.50. The Morgan fingerprint density at radius 2 is 2.08 bits per heavy atom. The van der Waals surface area contributed by atoms with E-state index in [4.69, 9.17) is 0 Å². The van der Waals surface area contributed by atoms with E-state index in [1.165, 1.54) is 31.0 Å². The van der Waals surface area contributed by atoms with Crippen LogP contribution in [0.4, 0.5) is 11.4 Å². The fourth-order valence-electron chi connectivity index (χ4n) is 3.36. The minimum Gasteiger partial charge on any atom is -0.363 e. The van der Waals surface area contributed by atoms with Crippen LogP contribution >= 0.6 is 11.8 Å². The molecule has 130 valence electrons. The molecule has 8 heteroatoms. The van der Waals surface area contributed by atoms with Crippen LogP contribution in [-0.4, -0.2) is 66.5 Å². The molecule has 3 rings (SSSR count). The molecule has 2 aliphatic heterocycles. The summed E-state index contributed by atoms with van der Waals surface area (Å²) >= 11 is 2.00. The second kappa shape index (κ2) is 7.40. The molecule has 1 N–H and O–H groups in total. The van der Waals surface area contributed by atoms with Crippen molar-refractivity contribution < 1.29 is 9.72 Å². The van der Waals surface area contributed by atoms with E-state index >= 15 is 0 Å². The molecule has 0 aliphatic carbocycles. The van der Waals surface area contributed by atoms with Crippen molar-refractivity contribution in [3.63, 3.8) is 0 Å². The maximum atomic E-state index is 11.7. The zero-order valence-electron chi connectivity index (χ0n) is 13.7. The summed E-state index contributed by atoms with van der Waals surface area (Å²) in [4.78, 5) is 27.3. The number of anilines is 1. The van der Waals surface area contributed by atoms with Crippen LogP contribution in [0.3, 0.4) is 0 Å². The van der Waals surface area contributed by atoms with Crippen molar-refractivity contribution in [1.82, 2.24) is 10.2 Å². The van der Waals surface area contributed by atoms with Gasteiger partial charge in [-0.15, -0.1) is 0 Å². The Labute approximate surface area is 145 Å². The van der Waals surface area contributed by atoms with Crippen molar-refractivity contribution in [3.8, 4) is 0 Å². The summed E-state index contributed by atoms with van der Waals surface area (Å²) in [6.45, 7) is 3.42. The predicted octanol–water partition coefficient (Wildman–Crippen LogP) is 1.58. The fraction of sp³-hybridized carbons (Fsp3) is 0.562. The minimum absolute atomic E-state index is 0.000900. The third-order valence-electron chi connectivity index (χ3n) is 4.74. The molecule has 24 heavy (non-hydrogen) atoms. The molecule has 7 nitrogen and oxygen atoms in total. The van der Waals surface area contributed by atoms with Crippen LogP contribution in [0.5, 0.6) is 0 Å². The number of benzene rings is 1. The van der Waals surface area contributed by atoms with Gasteiger partial charge in [0, 0.05) is 56.7 Å². The first-order chi connectivity index (χ1) is 11.6. The van der Waals surface area contributed by atoms with Crippen LogP contribution in [0.2, 0.25) is 0 Å². The van der Waals surface area contributed by atoms with Gasteiger partial charge in [0.25, 0.3) is 11.6 Å². The lowest BCUT2D eigenvalue weighted by molar-refractivity contribution is -0.384. The third kappa shape index (κ3) is 3.49. The number of amides is 1. The first-order valence-corrected chi connectivity index (χ1v) is 9.33. The zero-order chi connectivity index (χ0) is 17.1. The van der Waals surface area contributed by atoms with E-state index in [0.717, 1.165) is 26.2 Å². The highest BCUT2D eigenvalue weighted by Crippen LogP contribution is 2.31. The van der Waals surface area contributed by atoms with Crippen LogP contribution in [0.15, 0.2) is 18.2 Å². The quantitative estimate of drug-likeness (QED) is 0.656. The molecule has 0 radical (unpaired) electrons. The number of carbonyl (C=O) groups excluding carboxylic acids is 1. The van der Waals surface area contributed by atoms with E-state index < -0.39 is 4.92 Å². The first-order valence-electron chi connectivity index (χ1n) is 8.17. The largest absolute Gasteiger partial charge is 0.363 e. The molecule has 1 atom stereocenters. The Morgan fingerprint density at radius 1 is 1.33 bits per heavy atom. The number of hydrogen-bond acceptors (Lipinski definition) is 6. The smallest absolute Gasteiger partial charge is 0.293 e. The number of nitro groups is 1. The number of nitrogens with one attached hydrogen (secondary N) is 1. The van der Waals surface area contributed by atoms with Gasteiger partial charge < -0.3 is 10.2 Å². The number of thioether (sulfide) groups is 1. The van der Waals surface area contributed by atoms with Gasteiger partial charge in [-0.25, -0.2) is 0 Å². The van der Waals surface area contributed by atoms with Crippen molar-refractivity contribution >= 4 is 29.0 Å². The monoisotopic (exact) mass is 350 g/mol. The predicted molar refractivity (Wildman–Crippen MR) is 96.0 cm³/mol. The summed E-state index contributed by atoms with van der Waals surface area (Å²) in [5.41, 5.74) is 0.920. The summed E-state index contributed by atoms with van der Waals surface area (Å²) in [7, 11) is 1.52. The van der Waals surface area contributed by atoms with E-state index in [1.807, 2.05) is 11.8 Å². The number of rotatable bonds is 4. The molecular formula is C16H22N4O3S. The van der Waals surface area contributed by atoms with E-state index in [1.54, 1.807) is 12.1 Å². The minimum atomic E-state index is -0.401. The summed E-state index contributed by atoms with van der Waals surface area (Å²) < 4.78 is 0. The van der Waals surface area contributed by atoms with Gasteiger partial charge in [0.1, 0.15) is 5.69 Å². The molecule has 0 spiro atoms. The Bertz CT molecular complexity index is 626. The third-order valence-corrected chi connectivity index (χ3v) is 5.88. The van der Waals surface area contributed by atoms with Gasteiger partial charge in [-0.05, 0) is 24.3 Å². The Balaban J connectivity index is 1.74. The van der Waals surface area contributed by atoms with Gasteiger partial charge in [0.05, 0.1) is 4.92 Å². The SMILES string of the molecule is CNC(=O)c1ccc(N2CCN([C@H]3CCSC3)CC2)c([N+](=O)[O-])c1. The maximum Gasteiger partial charge on any atom is 0.293 e. The number of carbonyl (C=O) groups is 1. The zero-order valence-corrected chi connectivity index (χ0v) is 14.6. The van der Waals surface area contributed by atoms with Crippen LogP contribution in [0.25, 0.3) is 0 Å². The molecule has 1 aromatic carbocycles. The molecule has 0 bridgehead atoms. The lowest BCUT2D eigenvalue weighted by Gasteiger charge is -2.38. The van der Waals surface area contributed by atoms with Gasteiger partial charge in [-0.1, -0.05) is 0 Å². The van der Waals surface area contributed by atoms with Crippen molar-refractivity contribution in [2.75, 3.05) is 49.6 Å². The highest BCUT2D eigenvalue weighted by molar-refractivity contribution is 7.99. The van der Waals surface area contributed by atoms with E-state index in [2.05, 4.69) is 15.1 Å². The van der Waals surface area contributed by atoms with Crippen molar-refractivity contribution in [2.45, 2.75) is 12.5 Å². The van der Waals surface area contributed by atoms with Gasteiger partial charge in [0.15, 0.2) is 0 Å². The summed E-state index contributed by atoms with van der Waals surface area (Å²) in [6, 6.07) is 5.38. The van der Waals surface area contributed by atoms with Crippen molar-refractivity contribution in [3.05, 3.63) is 33.9 Å². The molecule has 2 heterocycles. The topological polar surface area (TPSA) is 78.7 Å². The van der Waals surface area contributed by atoms with Gasteiger partial charge in [-0.3, -0.25) is 19.8 Å². The average Bonchev–Trinajstić information content (AvgIpc) is 3.15. The second-order valence-corrected chi connectivity index (χ2v) is 7.23. The number of nitro benzene ring substituents is 1. The number of nitrogens with zero attached hydrogens (tertiary/aromatic N) is 3. The van der Waals surface area contributed by atoms with Gasteiger partial charge >= 0.3 is 0 Å². The molecule has 0 aromatic heterocycles. The Hall–Kier alpha value is -1.80. The summed E-state index contributed by atoms with van der Waals surface area (Å²) in [5.74, 6) is 2.12. The van der Waals surface area contributed by atoms with E-state index in [-0.39, 0.29) is 11.6 Å².